The lowest BCUT2D eigenvalue weighted by molar-refractivity contribution is -0.127. The average Bonchev–Trinajstić information content (AvgIpc) is 3.57. The molecule has 2 aromatic carbocycles. The maximum absolute atomic E-state index is 15.6. The third kappa shape index (κ3) is 4.88. The van der Waals surface area contributed by atoms with Crippen LogP contribution in [0.1, 0.15) is 24.8 Å². The fourth-order valence-corrected chi connectivity index (χ4v) is 5.83. The van der Waals surface area contributed by atoms with Gasteiger partial charge in [-0.3, -0.25) is 4.79 Å². The Labute approximate surface area is 247 Å². The normalized spacial score (nSPS) is 16.1. The van der Waals surface area contributed by atoms with Crippen LogP contribution in [-0.4, -0.2) is 66.4 Å². The third-order valence-electron chi connectivity index (χ3n) is 8.31. The number of amides is 1. The molecule has 0 saturated carbocycles. The second-order valence-electron chi connectivity index (χ2n) is 11.0. The Bertz CT molecular complexity index is 1900. The Hall–Kier alpha value is -5.13. The van der Waals surface area contributed by atoms with Gasteiger partial charge in [0.15, 0.2) is 11.6 Å². The predicted octanol–water partition coefficient (Wildman–Crippen LogP) is 5.05. The number of aromatic nitrogens is 6. The van der Waals surface area contributed by atoms with E-state index in [-0.39, 0.29) is 17.6 Å². The van der Waals surface area contributed by atoms with E-state index in [1.165, 1.54) is 6.33 Å². The van der Waals surface area contributed by atoms with Crippen LogP contribution in [0.15, 0.2) is 60.9 Å². The van der Waals surface area contributed by atoms with Crippen molar-refractivity contribution >= 4 is 45.3 Å². The maximum Gasteiger partial charge on any atom is 0.249 e. The zero-order chi connectivity index (χ0) is 29.7. The fraction of sp³-hybridized carbons (Fsp3) is 0.290. The number of fused-ring (bicyclic) bond motifs is 2. The average molecular weight is 580 g/mol. The summed E-state index contributed by atoms with van der Waals surface area (Å²) in [6.45, 7) is 7.85. The smallest absolute Gasteiger partial charge is 0.249 e. The summed E-state index contributed by atoms with van der Waals surface area (Å²) >= 11 is 0. The second kappa shape index (κ2) is 10.6. The van der Waals surface area contributed by atoms with E-state index in [1.807, 2.05) is 30.1 Å². The van der Waals surface area contributed by atoms with Gasteiger partial charge in [0.25, 0.3) is 0 Å². The van der Waals surface area contributed by atoms with Crippen molar-refractivity contribution in [1.29, 1.82) is 0 Å². The molecule has 43 heavy (non-hydrogen) atoms. The summed E-state index contributed by atoms with van der Waals surface area (Å²) in [5.74, 6) is 1.76. The Balaban J connectivity index is 1.09. The van der Waals surface area contributed by atoms with Crippen molar-refractivity contribution in [2.75, 3.05) is 29.9 Å². The van der Waals surface area contributed by atoms with E-state index in [0.29, 0.717) is 45.0 Å². The Morgan fingerprint density at radius 2 is 1.88 bits per heavy atom. The van der Waals surface area contributed by atoms with Gasteiger partial charge in [0.1, 0.15) is 34.7 Å². The summed E-state index contributed by atoms with van der Waals surface area (Å²) in [5, 5.41) is 11.3. The van der Waals surface area contributed by atoms with E-state index in [0.717, 1.165) is 50.2 Å². The molecule has 0 radical (unpaired) electrons. The molecule has 7 rings (SSSR count). The van der Waals surface area contributed by atoms with Gasteiger partial charge < -0.3 is 19.9 Å². The van der Waals surface area contributed by atoms with Crippen LogP contribution < -0.4 is 15.0 Å². The third-order valence-corrected chi connectivity index (χ3v) is 8.31. The van der Waals surface area contributed by atoms with Crippen LogP contribution in [0.2, 0.25) is 0 Å². The Morgan fingerprint density at radius 3 is 2.67 bits per heavy atom. The van der Waals surface area contributed by atoms with E-state index in [9.17, 15) is 4.79 Å². The standard InChI is InChI=1S/C31H30FN9O2/c1-18-10-15-41(31(18)42)20-11-13-40(14-12-20)27-9-6-23-29(36-27)30(34-17-33-23)35-22-5-8-26(19(2)28(22)32)43-21-4-7-25-24(16-21)37-38-39(25)3/h4-9,16-17,20H,1,10-15H2,2-3H3,(H,33,34,35). The molecule has 2 fully saturated rings. The van der Waals surface area contributed by atoms with Crippen LogP contribution >= 0.6 is 0 Å². The molecule has 0 atom stereocenters. The number of likely N-dealkylation sites (tertiary alicyclic amines) is 1. The van der Waals surface area contributed by atoms with Crippen LogP contribution in [-0.2, 0) is 11.8 Å². The number of hydrogen-bond donors (Lipinski definition) is 1. The molecule has 0 spiro atoms. The van der Waals surface area contributed by atoms with E-state index in [2.05, 4.69) is 37.1 Å². The van der Waals surface area contributed by atoms with Gasteiger partial charge in [-0.1, -0.05) is 11.8 Å². The van der Waals surface area contributed by atoms with Gasteiger partial charge in [0.2, 0.25) is 5.91 Å². The first-order valence-corrected chi connectivity index (χ1v) is 14.2. The quantitative estimate of drug-likeness (QED) is 0.276. The number of carbonyl (C=O) groups excluding carboxylic acids is 1. The number of rotatable bonds is 6. The zero-order valence-corrected chi connectivity index (χ0v) is 23.9. The Kier molecular flexibility index (Phi) is 6.60. The lowest BCUT2D eigenvalue weighted by atomic mass is 10.0. The fourth-order valence-electron chi connectivity index (χ4n) is 5.83. The van der Waals surface area contributed by atoms with E-state index < -0.39 is 5.82 Å². The molecule has 1 amide bonds. The number of piperidine rings is 1. The molecule has 0 bridgehead atoms. The number of halogens is 1. The number of hydrogen-bond acceptors (Lipinski definition) is 9. The molecule has 218 valence electrons. The van der Waals surface area contributed by atoms with Gasteiger partial charge in [0, 0.05) is 49.9 Å². The van der Waals surface area contributed by atoms with E-state index in [4.69, 9.17) is 9.72 Å². The highest BCUT2D eigenvalue weighted by Crippen LogP contribution is 2.34. The van der Waals surface area contributed by atoms with Crippen molar-refractivity contribution in [2.45, 2.75) is 32.2 Å². The van der Waals surface area contributed by atoms with Crippen LogP contribution in [0.3, 0.4) is 0 Å². The van der Waals surface area contributed by atoms with Crippen LogP contribution in [0.25, 0.3) is 22.1 Å². The van der Waals surface area contributed by atoms with Crippen LogP contribution in [0.4, 0.5) is 21.7 Å². The predicted molar refractivity (Wildman–Crippen MR) is 161 cm³/mol. The van der Waals surface area contributed by atoms with Crippen molar-refractivity contribution < 1.29 is 13.9 Å². The molecule has 11 nitrogen and oxygen atoms in total. The molecule has 2 aliphatic heterocycles. The number of carbonyl (C=O) groups is 1. The molecule has 0 unspecified atom stereocenters. The molecular weight excluding hydrogens is 549 g/mol. The summed E-state index contributed by atoms with van der Waals surface area (Å²) in [6, 6.07) is 12.8. The zero-order valence-electron chi connectivity index (χ0n) is 23.9. The molecule has 5 aromatic rings. The van der Waals surface area contributed by atoms with Crippen molar-refractivity contribution in [3.05, 3.63) is 72.3 Å². The van der Waals surface area contributed by atoms with Crippen LogP contribution in [0, 0.1) is 12.7 Å². The topological polar surface area (TPSA) is 114 Å². The highest BCUT2D eigenvalue weighted by Gasteiger charge is 2.33. The summed E-state index contributed by atoms with van der Waals surface area (Å²) in [6.07, 6.45) is 3.90. The lowest BCUT2D eigenvalue weighted by Gasteiger charge is -2.37. The number of ether oxygens (including phenoxy) is 1. The minimum atomic E-state index is -0.456. The van der Waals surface area contributed by atoms with Crippen molar-refractivity contribution in [1.82, 2.24) is 34.8 Å². The van der Waals surface area contributed by atoms with Gasteiger partial charge in [-0.2, -0.15) is 0 Å². The van der Waals surface area contributed by atoms with Gasteiger partial charge >= 0.3 is 0 Å². The van der Waals surface area contributed by atoms with Gasteiger partial charge in [-0.05, 0) is 62.6 Å². The first-order chi connectivity index (χ1) is 20.9. The molecule has 1 N–H and O–H groups in total. The van der Waals surface area contributed by atoms with Gasteiger partial charge in [0.05, 0.1) is 16.7 Å². The molecule has 3 aromatic heterocycles. The monoisotopic (exact) mass is 579 g/mol. The maximum atomic E-state index is 15.6. The first-order valence-electron chi connectivity index (χ1n) is 14.2. The number of nitrogens with zero attached hydrogens (tertiary/aromatic N) is 8. The highest BCUT2D eigenvalue weighted by molar-refractivity contribution is 5.95. The minimum Gasteiger partial charge on any atom is -0.457 e. The molecule has 2 aliphatic rings. The van der Waals surface area contributed by atoms with Crippen LogP contribution in [0.5, 0.6) is 11.5 Å². The first kappa shape index (κ1) is 26.7. The summed E-state index contributed by atoms with van der Waals surface area (Å²) in [5.41, 5.74) is 4.05. The lowest BCUT2D eigenvalue weighted by Crippen LogP contribution is -2.45. The summed E-state index contributed by atoms with van der Waals surface area (Å²) < 4.78 is 23.3. The number of anilines is 3. The van der Waals surface area contributed by atoms with Gasteiger partial charge in [-0.15, -0.1) is 5.10 Å². The Morgan fingerprint density at radius 1 is 1.05 bits per heavy atom. The molecular formula is C31H30FN9O2. The molecule has 12 heteroatoms. The number of benzene rings is 2. The second-order valence-corrected chi connectivity index (χ2v) is 11.0. The summed E-state index contributed by atoms with van der Waals surface area (Å²) in [4.78, 5) is 30.2. The summed E-state index contributed by atoms with van der Waals surface area (Å²) in [7, 11) is 1.82. The van der Waals surface area contributed by atoms with Gasteiger partial charge in [-0.25, -0.2) is 24.0 Å². The van der Waals surface area contributed by atoms with E-state index >= 15 is 4.39 Å². The van der Waals surface area contributed by atoms with Crippen molar-refractivity contribution in [2.24, 2.45) is 7.05 Å². The van der Waals surface area contributed by atoms with E-state index in [1.54, 1.807) is 35.9 Å². The number of nitrogens with one attached hydrogen (secondary N) is 1. The molecule has 0 aliphatic carbocycles. The minimum absolute atomic E-state index is 0.0840. The number of pyridine rings is 1. The number of aryl methyl sites for hydroxylation is 1. The van der Waals surface area contributed by atoms with Crippen molar-refractivity contribution in [3.63, 3.8) is 0 Å². The highest BCUT2D eigenvalue weighted by atomic mass is 19.1. The van der Waals surface area contributed by atoms with Crippen molar-refractivity contribution in [3.8, 4) is 11.5 Å². The SMILES string of the molecule is C=C1CCN(C2CCN(c3ccc4ncnc(Nc5ccc(Oc6ccc7c(c6)nnn7C)c(C)c5F)c4n3)CC2)C1=O. The largest absolute Gasteiger partial charge is 0.457 e. The molecule has 2 saturated heterocycles. The molecule has 5 heterocycles.